The standard InChI is InChI=1S/C34H36P2/c1-5-15-27(16-6-1)35(28-17-7-2-8-18-28)33-25-13-23-31(33)32-24-14-26-34(32)36(29-19-9-3-10-20-29)30-21-11-4-12-22-30/h1-12,15-22,31-34H,13-14,23-26H2. The van der Waals surface area contributed by atoms with Crippen molar-refractivity contribution in [1.82, 2.24) is 0 Å². The second-order valence-electron chi connectivity index (χ2n) is 10.4. The summed E-state index contributed by atoms with van der Waals surface area (Å²) in [4.78, 5) is 0. The Morgan fingerprint density at radius 1 is 0.361 bits per heavy atom. The minimum absolute atomic E-state index is 0.347. The molecule has 6 rings (SSSR count). The van der Waals surface area contributed by atoms with Gasteiger partial charge in [-0.2, -0.15) is 0 Å². The van der Waals surface area contributed by atoms with E-state index in [2.05, 4.69) is 121 Å². The summed E-state index contributed by atoms with van der Waals surface area (Å²) in [6.45, 7) is 0. The molecule has 2 heteroatoms. The molecule has 0 amide bonds. The van der Waals surface area contributed by atoms with Gasteiger partial charge in [0.2, 0.25) is 0 Å². The highest BCUT2D eigenvalue weighted by Crippen LogP contribution is 2.59. The van der Waals surface area contributed by atoms with Crippen LogP contribution in [-0.2, 0) is 0 Å². The molecule has 2 fully saturated rings. The number of benzene rings is 4. The van der Waals surface area contributed by atoms with E-state index in [4.69, 9.17) is 0 Å². The zero-order valence-electron chi connectivity index (χ0n) is 21.0. The molecule has 0 bridgehead atoms. The van der Waals surface area contributed by atoms with Crippen LogP contribution in [0.25, 0.3) is 0 Å². The molecule has 4 aromatic rings. The fourth-order valence-electron chi connectivity index (χ4n) is 7.00. The Morgan fingerprint density at radius 3 is 0.917 bits per heavy atom. The van der Waals surface area contributed by atoms with E-state index >= 15 is 0 Å². The van der Waals surface area contributed by atoms with Crippen LogP contribution in [0.2, 0.25) is 0 Å². The topological polar surface area (TPSA) is 0 Å². The summed E-state index contributed by atoms with van der Waals surface area (Å²) in [5.74, 6) is 1.67. The third-order valence-corrected chi connectivity index (χ3v) is 14.4. The summed E-state index contributed by atoms with van der Waals surface area (Å²) >= 11 is 0. The van der Waals surface area contributed by atoms with Crippen LogP contribution in [0, 0.1) is 11.8 Å². The zero-order valence-corrected chi connectivity index (χ0v) is 22.8. The van der Waals surface area contributed by atoms with Crippen molar-refractivity contribution in [2.75, 3.05) is 0 Å². The molecule has 4 atom stereocenters. The fraction of sp³-hybridized carbons (Fsp3) is 0.294. The maximum atomic E-state index is 2.40. The minimum Gasteiger partial charge on any atom is -0.0622 e. The molecule has 2 saturated carbocycles. The average molecular weight is 507 g/mol. The van der Waals surface area contributed by atoms with Crippen LogP contribution in [-0.4, -0.2) is 11.3 Å². The van der Waals surface area contributed by atoms with Crippen LogP contribution < -0.4 is 21.2 Å². The first-order valence-electron chi connectivity index (χ1n) is 13.7. The molecule has 4 unspecified atom stereocenters. The largest absolute Gasteiger partial charge is 0.0622 e. The minimum atomic E-state index is -0.347. The zero-order chi connectivity index (χ0) is 24.2. The van der Waals surface area contributed by atoms with Crippen molar-refractivity contribution in [3.63, 3.8) is 0 Å². The van der Waals surface area contributed by atoms with Gasteiger partial charge < -0.3 is 0 Å². The highest BCUT2D eigenvalue weighted by atomic mass is 31.1. The molecule has 0 aliphatic heterocycles. The van der Waals surface area contributed by atoms with Gasteiger partial charge in [-0.25, -0.2) is 0 Å². The first kappa shape index (κ1) is 24.1. The molecular weight excluding hydrogens is 470 g/mol. The maximum Gasteiger partial charge on any atom is -0.00976 e. The lowest BCUT2D eigenvalue weighted by atomic mass is 9.89. The quantitative estimate of drug-likeness (QED) is 0.227. The third-order valence-electron chi connectivity index (χ3n) is 8.41. The van der Waals surface area contributed by atoms with Crippen molar-refractivity contribution < 1.29 is 0 Å². The van der Waals surface area contributed by atoms with E-state index in [9.17, 15) is 0 Å². The Bertz CT molecular complexity index is 1030. The van der Waals surface area contributed by atoms with E-state index in [1.165, 1.54) is 38.5 Å². The molecule has 0 heterocycles. The van der Waals surface area contributed by atoms with Gasteiger partial charge in [0.25, 0.3) is 0 Å². The molecule has 36 heavy (non-hydrogen) atoms. The summed E-state index contributed by atoms with van der Waals surface area (Å²) in [6.07, 6.45) is 8.39. The van der Waals surface area contributed by atoms with Gasteiger partial charge in [0.1, 0.15) is 0 Å². The predicted molar refractivity (Wildman–Crippen MR) is 160 cm³/mol. The van der Waals surface area contributed by atoms with Gasteiger partial charge in [0, 0.05) is 0 Å². The van der Waals surface area contributed by atoms with Crippen LogP contribution >= 0.6 is 15.8 Å². The lowest BCUT2D eigenvalue weighted by Gasteiger charge is -2.38. The number of hydrogen-bond donors (Lipinski definition) is 0. The van der Waals surface area contributed by atoms with Crippen molar-refractivity contribution in [3.05, 3.63) is 121 Å². The van der Waals surface area contributed by atoms with Crippen LogP contribution in [0.4, 0.5) is 0 Å². The number of rotatable bonds is 7. The van der Waals surface area contributed by atoms with Crippen molar-refractivity contribution in [1.29, 1.82) is 0 Å². The molecule has 0 nitrogen and oxygen atoms in total. The van der Waals surface area contributed by atoms with Gasteiger partial charge in [0.15, 0.2) is 0 Å². The highest BCUT2D eigenvalue weighted by Gasteiger charge is 2.46. The van der Waals surface area contributed by atoms with E-state index < -0.39 is 0 Å². The van der Waals surface area contributed by atoms with Crippen LogP contribution in [0.15, 0.2) is 121 Å². The summed E-state index contributed by atoms with van der Waals surface area (Å²) in [5, 5.41) is 6.27. The molecule has 4 aromatic carbocycles. The fourth-order valence-corrected chi connectivity index (χ4v) is 13.5. The molecule has 0 radical (unpaired) electrons. The Labute approximate surface area is 219 Å². The Hall–Kier alpha value is -2.26. The van der Waals surface area contributed by atoms with Gasteiger partial charge >= 0.3 is 0 Å². The van der Waals surface area contributed by atoms with Crippen molar-refractivity contribution in [2.24, 2.45) is 11.8 Å². The molecule has 0 N–H and O–H groups in total. The van der Waals surface area contributed by atoms with Gasteiger partial charge in [-0.05, 0) is 85.9 Å². The Morgan fingerprint density at radius 2 is 0.639 bits per heavy atom. The lowest BCUT2D eigenvalue weighted by Crippen LogP contribution is -2.34. The van der Waals surface area contributed by atoms with Crippen molar-refractivity contribution in [2.45, 2.75) is 49.8 Å². The maximum absolute atomic E-state index is 2.40. The molecule has 2 aliphatic carbocycles. The molecule has 0 aromatic heterocycles. The molecule has 2 aliphatic rings. The van der Waals surface area contributed by atoms with Crippen LogP contribution in [0.1, 0.15) is 38.5 Å². The first-order valence-corrected chi connectivity index (χ1v) is 16.5. The summed E-state index contributed by atoms with van der Waals surface area (Å²) < 4.78 is 0. The normalized spacial score (nSPS) is 23.9. The van der Waals surface area contributed by atoms with Gasteiger partial charge in [-0.15, -0.1) is 0 Å². The summed E-state index contributed by atoms with van der Waals surface area (Å²) in [5.41, 5.74) is 1.58. The average Bonchev–Trinajstić information content (AvgIpc) is 3.62. The van der Waals surface area contributed by atoms with E-state index in [0.29, 0.717) is 0 Å². The van der Waals surface area contributed by atoms with E-state index in [0.717, 1.165) is 23.2 Å². The SMILES string of the molecule is c1ccc(P(c2ccccc2)C2CCCC2C2CCCC2P(c2ccccc2)c2ccccc2)cc1. The van der Waals surface area contributed by atoms with Crippen molar-refractivity contribution >= 4 is 37.1 Å². The molecule has 182 valence electrons. The lowest BCUT2D eigenvalue weighted by molar-refractivity contribution is 0.358. The van der Waals surface area contributed by atoms with Gasteiger partial charge in [-0.3, -0.25) is 0 Å². The van der Waals surface area contributed by atoms with Crippen LogP contribution in [0.3, 0.4) is 0 Å². The monoisotopic (exact) mass is 506 g/mol. The Balaban J connectivity index is 1.38. The number of hydrogen-bond acceptors (Lipinski definition) is 0. The molecule has 0 spiro atoms. The van der Waals surface area contributed by atoms with Gasteiger partial charge in [-0.1, -0.05) is 134 Å². The summed E-state index contributed by atoms with van der Waals surface area (Å²) in [7, 11) is -0.694. The second-order valence-corrected chi connectivity index (χ2v) is 15.3. The smallest absolute Gasteiger partial charge is 0.00976 e. The van der Waals surface area contributed by atoms with Crippen molar-refractivity contribution in [3.8, 4) is 0 Å². The van der Waals surface area contributed by atoms with Crippen LogP contribution in [0.5, 0.6) is 0 Å². The second kappa shape index (κ2) is 11.4. The van der Waals surface area contributed by atoms with E-state index in [1.807, 2.05) is 0 Å². The predicted octanol–water partition coefficient (Wildman–Crippen LogP) is 7.59. The summed E-state index contributed by atoms with van der Waals surface area (Å²) in [6, 6.07) is 45.9. The highest BCUT2D eigenvalue weighted by molar-refractivity contribution is 7.74. The molecule has 0 saturated heterocycles. The third kappa shape index (κ3) is 4.96. The molecular formula is C34H36P2. The van der Waals surface area contributed by atoms with E-state index in [-0.39, 0.29) is 15.8 Å². The first-order chi connectivity index (χ1) is 17.9. The van der Waals surface area contributed by atoms with Gasteiger partial charge in [0.05, 0.1) is 0 Å². The van der Waals surface area contributed by atoms with E-state index in [1.54, 1.807) is 21.2 Å². The Kier molecular flexibility index (Phi) is 7.65.